The van der Waals surface area contributed by atoms with Gasteiger partial charge in [0, 0.05) is 12.2 Å². The van der Waals surface area contributed by atoms with Gasteiger partial charge in [0.2, 0.25) is 11.5 Å². The van der Waals surface area contributed by atoms with Gasteiger partial charge >= 0.3 is 6.18 Å². The first-order valence-electron chi connectivity index (χ1n) is 9.60. The maximum Gasteiger partial charge on any atom is 0.425 e. The third-order valence-corrected chi connectivity index (χ3v) is 6.06. The third kappa shape index (κ3) is 2.86. The second-order valence-corrected chi connectivity index (χ2v) is 7.85. The average Bonchev–Trinajstić information content (AvgIpc) is 3.00. The molecule has 0 radical (unpaired) electrons. The highest BCUT2D eigenvalue weighted by atomic mass is 19.4. The van der Waals surface area contributed by atoms with Gasteiger partial charge in [-0.05, 0) is 55.0 Å². The van der Waals surface area contributed by atoms with Crippen molar-refractivity contribution in [1.29, 1.82) is 0 Å². The fourth-order valence-electron chi connectivity index (χ4n) is 4.31. The fraction of sp³-hybridized carbons (Fsp3) is 0.409. The van der Waals surface area contributed by atoms with E-state index in [1.165, 1.54) is 11.0 Å². The van der Waals surface area contributed by atoms with E-state index in [2.05, 4.69) is 0 Å². The lowest BCUT2D eigenvalue weighted by Crippen LogP contribution is -2.65. The summed E-state index contributed by atoms with van der Waals surface area (Å²) in [7, 11) is 0. The number of alkyl halides is 4. The summed E-state index contributed by atoms with van der Waals surface area (Å²) in [4.78, 5) is 14.6. The summed E-state index contributed by atoms with van der Waals surface area (Å²) in [6.45, 7) is 2.01. The topological polar surface area (TPSA) is 40.5 Å². The molecule has 1 aliphatic heterocycles. The molecular formula is C22H21F4NO2. The molecular weight excluding hydrogens is 386 g/mol. The minimum absolute atomic E-state index is 0.129. The molecule has 2 bridgehead atoms. The van der Waals surface area contributed by atoms with Crippen LogP contribution in [0.15, 0.2) is 65.4 Å². The van der Waals surface area contributed by atoms with Crippen LogP contribution >= 0.6 is 0 Å². The Morgan fingerprint density at radius 2 is 1.86 bits per heavy atom. The average molecular weight is 407 g/mol. The number of carbonyl (C=O) groups is 1. The smallest absolute Gasteiger partial charge is 0.373 e. The number of amides is 1. The summed E-state index contributed by atoms with van der Waals surface area (Å²) in [5.74, 6) is -0.845. The number of halogens is 4. The summed E-state index contributed by atoms with van der Waals surface area (Å²) >= 11 is 0. The van der Waals surface area contributed by atoms with E-state index in [9.17, 15) is 23.1 Å². The minimum Gasteiger partial charge on any atom is -0.373 e. The number of carbonyl (C=O) groups excluding carboxylic acids is 1. The SMILES string of the molecule is C[C@@H](C(=O)N1CCCCC2=CC3=C[C@@](F)(C=C21)C3(O)C(F)(F)F)c1ccccc1. The van der Waals surface area contributed by atoms with E-state index in [0.29, 0.717) is 24.8 Å². The zero-order valence-corrected chi connectivity index (χ0v) is 15.8. The van der Waals surface area contributed by atoms with E-state index in [1.807, 2.05) is 6.07 Å². The van der Waals surface area contributed by atoms with Gasteiger partial charge in [-0.2, -0.15) is 13.2 Å². The Balaban J connectivity index is 1.76. The predicted molar refractivity (Wildman–Crippen MR) is 99.5 cm³/mol. The Bertz CT molecular complexity index is 934. The summed E-state index contributed by atoms with van der Waals surface area (Å²) in [6.07, 6.45) is -0.676. The second-order valence-electron chi connectivity index (χ2n) is 7.85. The molecule has 1 amide bonds. The molecule has 1 fully saturated rings. The van der Waals surface area contributed by atoms with Gasteiger partial charge in [-0.15, -0.1) is 0 Å². The van der Waals surface area contributed by atoms with Crippen LogP contribution in [0, 0.1) is 0 Å². The number of rotatable bonds is 2. The van der Waals surface area contributed by atoms with Gasteiger partial charge in [-0.25, -0.2) is 4.39 Å². The van der Waals surface area contributed by atoms with Crippen LogP contribution in [-0.4, -0.2) is 39.9 Å². The highest BCUT2D eigenvalue weighted by Gasteiger charge is 2.73. The van der Waals surface area contributed by atoms with Crippen LogP contribution in [0.3, 0.4) is 0 Å². The quantitative estimate of drug-likeness (QED) is 0.730. The van der Waals surface area contributed by atoms with Gasteiger partial charge in [0.15, 0.2) is 5.67 Å². The molecule has 0 spiro atoms. The van der Waals surface area contributed by atoms with E-state index in [1.54, 1.807) is 31.2 Å². The number of benzene rings is 1. The molecule has 1 heterocycles. The van der Waals surface area contributed by atoms with Gasteiger partial charge < -0.3 is 10.0 Å². The lowest BCUT2D eigenvalue weighted by molar-refractivity contribution is -0.279. The van der Waals surface area contributed by atoms with E-state index in [4.69, 9.17) is 0 Å². The van der Waals surface area contributed by atoms with Crippen molar-refractivity contribution in [2.45, 2.75) is 49.6 Å². The zero-order chi connectivity index (χ0) is 21.0. The van der Waals surface area contributed by atoms with Crippen LogP contribution in [0.4, 0.5) is 17.6 Å². The zero-order valence-electron chi connectivity index (χ0n) is 15.8. The number of allylic oxidation sites excluding steroid dienone is 1. The first-order valence-corrected chi connectivity index (χ1v) is 9.60. The Morgan fingerprint density at radius 3 is 2.52 bits per heavy atom. The summed E-state index contributed by atoms with van der Waals surface area (Å²) in [6, 6.07) is 9.04. The molecule has 29 heavy (non-hydrogen) atoms. The maximum absolute atomic E-state index is 15.3. The van der Waals surface area contributed by atoms with Crippen LogP contribution in [0.2, 0.25) is 0 Å². The van der Waals surface area contributed by atoms with E-state index in [0.717, 1.165) is 17.7 Å². The van der Waals surface area contributed by atoms with Crippen molar-refractivity contribution in [2.24, 2.45) is 0 Å². The standard InChI is InChI=1S/C22H21F4NO2/c1-14(15-7-3-2-4-8-15)19(28)27-10-6-5-9-16-11-17-12-20(23,13-18(16)27)21(17,29)22(24,25)26/h2-4,7-8,11-14,29H,5-6,9-10H2,1H3/t14-,20-,21?/m1/s1. The monoisotopic (exact) mass is 407 g/mol. The molecule has 7 heteroatoms. The Kier molecular flexibility index (Phi) is 4.49. The highest BCUT2D eigenvalue weighted by Crippen LogP contribution is 2.57. The molecule has 3 nitrogen and oxygen atoms in total. The molecule has 1 aromatic rings. The van der Waals surface area contributed by atoms with Gasteiger partial charge in [-0.1, -0.05) is 36.4 Å². The number of aliphatic hydroxyl groups is 1. The highest BCUT2D eigenvalue weighted by molar-refractivity contribution is 5.86. The van der Waals surface area contributed by atoms with Crippen LogP contribution < -0.4 is 0 Å². The van der Waals surface area contributed by atoms with Crippen molar-refractivity contribution < 1.29 is 27.5 Å². The lowest BCUT2D eigenvalue weighted by atomic mass is 9.67. The summed E-state index contributed by atoms with van der Waals surface area (Å²) < 4.78 is 55.9. The van der Waals surface area contributed by atoms with E-state index < -0.39 is 28.9 Å². The van der Waals surface area contributed by atoms with Crippen LogP contribution in [0.5, 0.6) is 0 Å². The molecule has 3 atom stereocenters. The molecule has 3 aliphatic carbocycles. The number of nitrogens with zero attached hydrogens (tertiary/aromatic N) is 1. The number of likely N-dealkylation sites (tertiary alicyclic amines) is 1. The Labute approximate surface area is 166 Å². The molecule has 1 saturated heterocycles. The Hall–Kier alpha value is -2.41. The number of hydrogen-bond acceptors (Lipinski definition) is 2. The molecule has 154 valence electrons. The van der Waals surface area contributed by atoms with E-state index >= 15 is 4.39 Å². The van der Waals surface area contributed by atoms with Crippen molar-refractivity contribution in [3.05, 3.63) is 71.0 Å². The molecule has 5 rings (SSSR count). The van der Waals surface area contributed by atoms with Gasteiger partial charge in [-0.3, -0.25) is 4.79 Å². The summed E-state index contributed by atoms with van der Waals surface area (Å²) in [5.41, 5.74) is -5.85. The second kappa shape index (κ2) is 6.55. The Morgan fingerprint density at radius 1 is 1.17 bits per heavy atom. The van der Waals surface area contributed by atoms with Crippen molar-refractivity contribution in [3.63, 3.8) is 0 Å². The van der Waals surface area contributed by atoms with Gasteiger partial charge in [0.05, 0.1) is 5.92 Å². The van der Waals surface area contributed by atoms with Crippen molar-refractivity contribution >= 4 is 5.91 Å². The molecule has 4 aliphatic rings. The predicted octanol–water partition coefficient (Wildman–Crippen LogP) is 4.57. The first-order chi connectivity index (χ1) is 13.6. The van der Waals surface area contributed by atoms with Crippen LogP contribution in [0.25, 0.3) is 0 Å². The van der Waals surface area contributed by atoms with Crippen molar-refractivity contribution in [3.8, 4) is 0 Å². The fourth-order valence-corrected chi connectivity index (χ4v) is 4.31. The van der Waals surface area contributed by atoms with Crippen molar-refractivity contribution in [2.75, 3.05) is 6.54 Å². The van der Waals surface area contributed by atoms with Crippen LogP contribution in [0.1, 0.15) is 37.7 Å². The van der Waals surface area contributed by atoms with E-state index in [-0.39, 0.29) is 18.1 Å². The van der Waals surface area contributed by atoms with Crippen LogP contribution in [-0.2, 0) is 4.79 Å². The molecule has 0 saturated carbocycles. The maximum atomic E-state index is 15.3. The molecule has 1 N–H and O–H groups in total. The molecule has 1 unspecified atom stereocenters. The first kappa shape index (κ1) is 19.9. The van der Waals surface area contributed by atoms with Gasteiger partial charge in [0.1, 0.15) is 0 Å². The molecule has 1 aromatic carbocycles. The van der Waals surface area contributed by atoms with Crippen molar-refractivity contribution in [1.82, 2.24) is 4.90 Å². The molecule has 0 aromatic heterocycles. The van der Waals surface area contributed by atoms with Gasteiger partial charge in [0.25, 0.3) is 0 Å². The largest absolute Gasteiger partial charge is 0.425 e. The normalized spacial score (nSPS) is 30.0. The number of hydrogen-bond donors (Lipinski definition) is 1. The third-order valence-electron chi connectivity index (χ3n) is 6.06. The lowest BCUT2D eigenvalue weighted by Gasteiger charge is -2.46. The minimum atomic E-state index is -5.17. The summed E-state index contributed by atoms with van der Waals surface area (Å²) in [5, 5.41) is 10.2.